The molecular formula is C14H19ClO. The Labute approximate surface area is 103 Å². The number of unbranched alkanes of at least 4 members (excludes halogenated alkanes) is 1. The van der Waals surface area contributed by atoms with E-state index in [0.717, 1.165) is 19.4 Å². The monoisotopic (exact) mass is 238 g/mol. The van der Waals surface area contributed by atoms with Gasteiger partial charge in [0.2, 0.25) is 0 Å². The van der Waals surface area contributed by atoms with E-state index in [1.165, 1.54) is 24.0 Å². The lowest BCUT2D eigenvalue weighted by Gasteiger charge is -2.13. The first-order valence-corrected chi connectivity index (χ1v) is 6.47. The standard InChI is InChI=1S/C14H19ClO/c1-16-9-5-4-7-12-10-11-6-2-3-8-13(11)14(12)15/h2-3,6,8,12,14H,4-5,7,9-10H2,1H3. The zero-order valence-electron chi connectivity index (χ0n) is 9.79. The van der Waals surface area contributed by atoms with Gasteiger partial charge >= 0.3 is 0 Å². The third-order valence-electron chi connectivity index (χ3n) is 3.42. The first kappa shape index (κ1) is 11.9. The Hall–Kier alpha value is -0.530. The average molecular weight is 239 g/mol. The summed E-state index contributed by atoms with van der Waals surface area (Å²) in [5, 5.41) is 0.221. The molecule has 1 aliphatic carbocycles. The highest BCUT2D eigenvalue weighted by molar-refractivity contribution is 6.21. The van der Waals surface area contributed by atoms with Crippen LogP contribution in [0.3, 0.4) is 0 Å². The molecule has 1 aromatic carbocycles. The van der Waals surface area contributed by atoms with Crippen molar-refractivity contribution in [3.05, 3.63) is 35.4 Å². The fourth-order valence-corrected chi connectivity index (χ4v) is 2.96. The zero-order chi connectivity index (χ0) is 11.4. The topological polar surface area (TPSA) is 9.23 Å². The number of ether oxygens (including phenoxy) is 1. The summed E-state index contributed by atoms with van der Waals surface area (Å²) in [4.78, 5) is 0. The maximum absolute atomic E-state index is 6.49. The minimum Gasteiger partial charge on any atom is -0.385 e. The molecule has 2 rings (SSSR count). The molecule has 1 aromatic rings. The second kappa shape index (κ2) is 5.70. The second-order valence-electron chi connectivity index (χ2n) is 4.55. The van der Waals surface area contributed by atoms with Crippen LogP contribution in [0.15, 0.2) is 24.3 Å². The highest BCUT2D eigenvalue weighted by atomic mass is 35.5. The molecule has 2 heteroatoms. The van der Waals surface area contributed by atoms with E-state index in [2.05, 4.69) is 24.3 Å². The number of hydrogen-bond donors (Lipinski definition) is 0. The molecule has 0 saturated carbocycles. The number of fused-ring (bicyclic) bond motifs is 1. The number of benzene rings is 1. The Kier molecular flexibility index (Phi) is 4.25. The molecule has 1 nitrogen and oxygen atoms in total. The van der Waals surface area contributed by atoms with Crippen LogP contribution < -0.4 is 0 Å². The van der Waals surface area contributed by atoms with Crippen molar-refractivity contribution in [1.82, 2.24) is 0 Å². The van der Waals surface area contributed by atoms with E-state index in [4.69, 9.17) is 16.3 Å². The molecule has 2 atom stereocenters. The minimum absolute atomic E-state index is 0.221. The van der Waals surface area contributed by atoms with Gasteiger partial charge in [-0.15, -0.1) is 11.6 Å². The minimum atomic E-state index is 0.221. The van der Waals surface area contributed by atoms with Gasteiger partial charge in [0.05, 0.1) is 5.38 Å². The SMILES string of the molecule is COCCCCC1Cc2ccccc2C1Cl. The maximum atomic E-state index is 6.49. The number of halogens is 1. The molecule has 88 valence electrons. The third-order valence-corrected chi connectivity index (χ3v) is 4.01. The molecule has 0 heterocycles. The Morgan fingerprint density at radius 1 is 1.31 bits per heavy atom. The normalized spacial score (nSPS) is 23.4. The summed E-state index contributed by atoms with van der Waals surface area (Å²) >= 11 is 6.49. The highest BCUT2D eigenvalue weighted by Crippen LogP contribution is 2.42. The van der Waals surface area contributed by atoms with E-state index in [0.29, 0.717) is 5.92 Å². The molecule has 0 fully saturated rings. The van der Waals surface area contributed by atoms with Crippen LogP contribution in [0.1, 0.15) is 35.8 Å². The summed E-state index contributed by atoms with van der Waals surface area (Å²) in [5.41, 5.74) is 2.79. The summed E-state index contributed by atoms with van der Waals surface area (Å²) in [7, 11) is 1.76. The Morgan fingerprint density at radius 3 is 2.88 bits per heavy atom. The predicted octanol–water partition coefficient (Wildman–Crippen LogP) is 3.96. The summed E-state index contributed by atoms with van der Waals surface area (Å²) in [6.07, 6.45) is 4.73. The molecule has 16 heavy (non-hydrogen) atoms. The van der Waals surface area contributed by atoms with Gasteiger partial charge in [0.25, 0.3) is 0 Å². The molecular weight excluding hydrogens is 220 g/mol. The van der Waals surface area contributed by atoms with Crippen LogP contribution in [0.2, 0.25) is 0 Å². The number of rotatable bonds is 5. The smallest absolute Gasteiger partial charge is 0.0619 e. The third kappa shape index (κ3) is 2.58. The van der Waals surface area contributed by atoms with Crippen molar-refractivity contribution in [2.24, 2.45) is 5.92 Å². The molecule has 1 aliphatic rings. The highest BCUT2D eigenvalue weighted by Gasteiger charge is 2.29. The van der Waals surface area contributed by atoms with Crippen molar-refractivity contribution in [1.29, 1.82) is 0 Å². The molecule has 0 N–H and O–H groups in total. The van der Waals surface area contributed by atoms with Crippen molar-refractivity contribution in [3.63, 3.8) is 0 Å². The number of hydrogen-bond acceptors (Lipinski definition) is 1. The van der Waals surface area contributed by atoms with Gasteiger partial charge in [-0.3, -0.25) is 0 Å². The summed E-state index contributed by atoms with van der Waals surface area (Å²) in [6.45, 7) is 0.868. The molecule has 0 spiro atoms. The van der Waals surface area contributed by atoms with E-state index in [9.17, 15) is 0 Å². The first-order valence-electron chi connectivity index (χ1n) is 6.03. The number of methoxy groups -OCH3 is 1. The number of alkyl halides is 1. The summed E-state index contributed by atoms with van der Waals surface area (Å²) in [5.74, 6) is 0.621. The van der Waals surface area contributed by atoms with Crippen LogP contribution in [0.25, 0.3) is 0 Å². The van der Waals surface area contributed by atoms with Crippen molar-refractivity contribution in [2.75, 3.05) is 13.7 Å². The molecule has 0 amide bonds. The fraction of sp³-hybridized carbons (Fsp3) is 0.571. The largest absolute Gasteiger partial charge is 0.385 e. The van der Waals surface area contributed by atoms with Gasteiger partial charge in [0.1, 0.15) is 0 Å². The van der Waals surface area contributed by atoms with Gasteiger partial charge in [-0.2, -0.15) is 0 Å². The van der Waals surface area contributed by atoms with Gasteiger partial charge in [-0.1, -0.05) is 30.7 Å². The quantitative estimate of drug-likeness (QED) is 0.558. The predicted molar refractivity (Wildman–Crippen MR) is 68.0 cm³/mol. The lowest BCUT2D eigenvalue weighted by molar-refractivity contribution is 0.190. The molecule has 0 aliphatic heterocycles. The Balaban J connectivity index is 1.87. The molecule has 0 bridgehead atoms. The van der Waals surface area contributed by atoms with Gasteiger partial charge < -0.3 is 4.74 Å². The first-order chi connectivity index (χ1) is 7.83. The van der Waals surface area contributed by atoms with E-state index in [1.54, 1.807) is 7.11 Å². The fourth-order valence-electron chi connectivity index (χ4n) is 2.53. The van der Waals surface area contributed by atoms with E-state index < -0.39 is 0 Å². The lowest BCUT2D eigenvalue weighted by Crippen LogP contribution is -2.03. The second-order valence-corrected chi connectivity index (χ2v) is 5.02. The van der Waals surface area contributed by atoms with Crippen molar-refractivity contribution in [2.45, 2.75) is 31.1 Å². The van der Waals surface area contributed by atoms with Crippen LogP contribution in [0.5, 0.6) is 0 Å². The average Bonchev–Trinajstić information content (AvgIpc) is 2.63. The Bertz CT molecular complexity index is 337. The molecule has 2 unspecified atom stereocenters. The van der Waals surface area contributed by atoms with Crippen LogP contribution >= 0.6 is 11.6 Å². The van der Waals surface area contributed by atoms with Crippen molar-refractivity contribution >= 4 is 11.6 Å². The van der Waals surface area contributed by atoms with Crippen molar-refractivity contribution < 1.29 is 4.74 Å². The van der Waals surface area contributed by atoms with Crippen molar-refractivity contribution in [3.8, 4) is 0 Å². The zero-order valence-corrected chi connectivity index (χ0v) is 10.5. The van der Waals surface area contributed by atoms with Gasteiger partial charge in [0, 0.05) is 13.7 Å². The van der Waals surface area contributed by atoms with E-state index >= 15 is 0 Å². The summed E-state index contributed by atoms with van der Waals surface area (Å²) < 4.78 is 5.06. The van der Waals surface area contributed by atoms with Crippen LogP contribution in [-0.4, -0.2) is 13.7 Å². The molecule has 0 saturated heterocycles. The maximum Gasteiger partial charge on any atom is 0.0619 e. The van der Waals surface area contributed by atoms with Gasteiger partial charge in [-0.25, -0.2) is 0 Å². The van der Waals surface area contributed by atoms with Crippen LogP contribution in [0, 0.1) is 5.92 Å². The van der Waals surface area contributed by atoms with Crippen LogP contribution in [-0.2, 0) is 11.2 Å². The van der Waals surface area contributed by atoms with E-state index in [1.807, 2.05) is 0 Å². The van der Waals surface area contributed by atoms with E-state index in [-0.39, 0.29) is 5.38 Å². The summed E-state index contributed by atoms with van der Waals surface area (Å²) in [6, 6.07) is 8.57. The lowest BCUT2D eigenvalue weighted by atomic mass is 9.99. The Morgan fingerprint density at radius 2 is 2.12 bits per heavy atom. The molecule has 0 aromatic heterocycles. The van der Waals surface area contributed by atoms with Crippen LogP contribution in [0.4, 0.5) is 0 Å². The van der Waals surface area contributed by atoms with Gasteiger partial charge in [0.15, 0.2) is 0 Å². The van der Waals surface area contributed by atoms with Gasteiger partial charge in [-0.05, 0) is 36.3 Å². The molecule has 0 radical (unpaired) electrons.